The van der Waals surface area contributed by atoms with Crippen LogP contribution in [0, 0.1) is 0 Å². The Morgan fingerprint density at radius 3 is 2.69 bits per heavy atom. The number of benzene rings is 2. The first-order chi connectivity index (χ1) is 17.0. The number of carbonyl (C=O) groups excluding carboxylic acids is 1. The minimum atomic E-state index is -0.539. The van der Waals surface area contributed by atoms with Crippen LogP contribution in [0.2, 0.25) is 10.0 Å². The van der Waals surface area contributed by atoms with Crippen molar-refractivity contribution in [2.24, 2.45) is 0 Å². The van der Waals surface area contributed by atoms with Crippen LogP contribution < -0.4 is 14.8 Å². The van der Waals surface area contributed by atoms with Crippen LogP contribution in [0.15, 0.2) is 54.0 Å². The molecule has 4 rings (SSSR count). The second kappa shape index (κ2) is 11.0. The molecule has 10 heteroatoms. The number of fused-ring (bicyclic) bond motifs is 1. The highest BCUT2D eigenvalue weighted by molar-refractivity contribution is 6.35. The van der Waals surface area contributed by atoms with Crippen molar-refractivity contribution in [1.82, 2.24) is 14.8 Å². The molecule has 2 aromatic carbocycles. The van der Waals surface area contributed by atoms with E-state index in [-0.39, 0.29) is 13.2 Å². The van der Waals surface area contributed by atoms with Gasteiger partial charge >= 0.3 is 5.97 Å². The first-order valence-electron chi connectivity index (χ1n) is 11.3. The average molecular weight is 517 g/mol. The molecule has 3 aromatic rings. The number of carbonyl (C=O) groups is 1. The summed E-state index contributed by atoms with van der Waals surface area (Å²) < 4.78 is 18.7. The minimum Gasteiger partial charge on any atom is -0.493 e. The molecule has 0 aliphatic carbocycles. The van der Waals surface area contributed by atoms with Crippen LogP contribution in [0.25, 0.3) is 0 Å². The molecule has 184 valence electrons. The lowest BCUT2D eigenvalue weighted by molar-refractivity contribution is -0.139. The number of anilines is 1. The molecule has 0 radical (unpaired) electrons. The number of hydrogen-bond acceptors (Lipinski definition) is 7. The Kier molecular flexibility index (Phi) is 7.83. The van der Waals surface area contributed by atoms with Gasteiger partial charge in [0.25, 0.3) is 0 Å². The molecule has 0 bridgehead atoms. The van der Waals surface area contributed by atoms with Crippen molar-refractivity contribution in [3.63, 3.8) is 0 Å². The smallest absolute Gasteiger partial charge is 0.338 e. The molecule has 1 N–H and O–H groups in total. The number of ether oxygens (including phenoxy) is 3. The van der Waals surface area contributed by atoms with Gasteiger partial charge < -0.3 is 19.5 Å². The molecule has 1 aliphatic rings. The summed E-state index contributed by atoms with van der Waals surface area (Å²) in [5.74, 6) is 1.20. The largest absolute Gasteiger partial charge is 0.493 e. The van der Waals surface area contributed by atoms with Gasteiger partial charge in [0, 0.05) is 21.3 Å². The van der Waals surface area contributed by atoms with E-state index in [1.54, 1.807) is 36.9 Å². The quantitative estimate of drug-likeness (QED) is 0.359. The number of hydrogen-bond donors (Lipinski definition) is 1. The third-order valence-electron chi connectivity index (χ3n) is 5.58. The normalized spacial score (nSPS) is 14.8. The Hall–Kier alpha value is -3.23. The van der Waals surface area contributed by atoms with E-state index >= 15 is 0 Å². The van der Waals surface area contributed by atoms with Crippen LogP contribution in [0.5, 0.6) is 11.5 Å². The molecule has 0 saturated heterocycles. The van der Waals surface area contributed by atoms with Crippen LogP contribution in [-0.2, 0) is 16.1 Å². The van der Waals surface area contributed by atoms with Crippen molar-refractivity contribution >= 4 is 35.1 Å². The van der Waals surface area contributed by atoms with Gasteiger partial charge in [-0.05, 0) is 43.2 Å². The third-order valence-corrected chi connectivity index (χ3v) is 6.16. The number of allylic oxidation sites excluding steroid dienone is 1. The van der Waals surface area contributed by atoms with E-state index < -0.39 is 12.0 Å². The maximum atomic E-state index is 13.1. The molecule has 2 heterocycles. The van der Waals surface area contributed by atoms with Crippen LogP contribution in [0.1, 0.15) is 43.9 Å². The lowest BCUT2D eigenvalue weighted by Gasteiger charge is -2.29. The maximum Gasteiger partial charge on any atom is 0.338 e. The molecular weight excluding hydrogens is 491 g/mol. The van der Waals surface area contributed by atoms with Crippen LogP contribution in [0.4, 0.5) is 5.95 Å². The lowest BCUT2D eigenvalue weighted by Crippen LogP contribution is -2.30. The summed E-state index contributed by atoms with van der Waals surface area (Å²) in [6.07, 6.45) is 2.96. The SMILES string of the molecule is CCCC1=C(C(=O)OCC)[C@@H](c2ccc(OCc3ccc(Cl)cc3Cl)c(OC)c2)n2ncnc2N1. The molecule has 0 fully saturated rings. The number of nitrogens with one attached hydrogen (secondary N) is 1. The van der Waals surface area contributed by atoms with Gasteiger partial charge in [-0.25, -0.2) is 9.48 Å². The van der Waals surface area contributed by atoms with Gasteiger partial charge in [0.15, 0.2) is 11.5 Å². The van der Waals surface area contributed by atoms with E-state index in [1.807, 2.05) is 25.1 Å². The average Bonchev–Trinajstić information content (AvgIpc) is 3.31. The predicted octanol–water partition coefficient (Wildman–Crippen LogP) is 5.80. The van der Waals surface area contributed by atoms with Gasteiger partial charge in [0.1, 0.15) is 19.0 Å². The first kappa shape index (κ1) is 24.9. The Morgan fingerprint density at radius 1 is 1.14 bits per heavy atom. The number of nitrogens with zero attached hydrogens (tertiary/aromatic N) is 3. The molecule has 0 amide bonds. The van der Waals surface area contributed by atoms with Crippen LogP contribution in [-0.4, -0.2) is 34.5 Å². The monoisotopic (exact) mass is 516 g/mol. The molecule has 1 aliphatic heterocycles. The summed E-state index contributed by atoms with van der Waals surface area (Å²) in [5.41, 5.74) is 2.84. The fraction of sp³-hybridized carbons (Fsp3) is 0.320. The fourth-order valence-electron chi connectivity index (χ4n) is 3.98. The third kappa shape index (κ3) is 5.23. The molecule has 1 aromatic heterocycles. The van der Waals surface area contributed by atoms with Gasteiger partial charge in [0.2, 0.25) is 5.95 Å². The number of esters is 1. The molecule has 8 nitrogen and oxygen atoms in total. The van der Waals surface area contributed by atoms with E-state index in [0.29, 0.717) is 39.5 Å². The summed E-state index contributed by atoms with van der Waals surface area (Å²) in [6.45, 7) is 4.34. The Bertz CT molecular complexity index is 1260. The maximum absolute atomic E-state index is 13.1. The highest BCUT2D eigenvalue weighted by Crippen LogP contribution is 2.40. The Labute approximate surface area is 213 Å². The molecule has 35 heavy (non-hydrogen) atoms. The number of aromatic nitrogens is 3. The van der Waals surface area contributed by atoms with Gasteiger partial charge in [-0.3, -0.25) is 0 Å². The van der Waals surface area contributed by atoms with Crippen LogP contribution >= 0.6 is 23.2 Å². The number of rotatable bonds is 9. The van der Waals surface area contributed by atoms with Crippen molar-refractivity contribution in [3.05, 3.63) is 75.2 Å². The zero-order chi connectivity index (χ0) is 24.9. The second-order valence-electron chi connectivity index (χ2n) is 7.85. The van der Waals surface area contributed by atoms with E-state index in [0.717, 1.165) is 23.2 Å². The highest BCUT2D eigenvalue weighted by atomic mass is 35.5. The van der Waals surface area contributed by atoms with E-state index in [1.165, 1.54) is 6.33 Å². The topological polar surface area (TPSA) is 87.5 Å². The standard InChI is InChI=1S/C25H26Cl2N4O4/c1-4-6-19-22(24(32)34-5-2)23(31-25(30-19)28-14-29-31)15-8-10-20(21(11-15)33-3)35-13-16-7-9-17(26)12-18(16)27/h7-12,14,23H,4-6,13H2,1-3H3,(H,28,29,30)/t23-/m1/s1. The minimum absolute atomic E-state index is 0.237. The van der Waals surface area contributed by atoms with E-state index in [2.05, 4.69) is 15.4 Å². The summed E-state index contributed by atoms with van der Waals surface area (Å²) in [5, 5.41) is 8.70. The zero-order valence-electron chi connectivity index (χ0n) is 19.7. The Morgan fingerprint density at radius 2 is 1.97 bits per heavy atom. The summed E-state index contributed by atoms with van der Waals surface area (Å²) in [4.78, 5) is 17.4. The van der Waals surface area contributed by atoms with Gasteiger partial charge in [-0.2, -0.15) is 10.1 Å². The van der Waals surface area contributed by atoms with Crippen molar-refractivity contribution < 1.29 is 19.0 Å². The van der Waals surface area contributed by atoms with Crippen LogP contribution in [0.3, 0.4) is 0 Å². The second-order valence-corrected chi connectivity index (χ2v) is 8.70. The first-order valence-corrected chi connectivity index (χ1v) is 12.0. The molecule has 1 atom stereocenters. The molecule has 0 saturated carbocycles. The van der Waals surface area contributed by atoms with Gasteiger partial charge in [-0.1, -0.05) is 48.7 Å². The molecule has 0 spiro atoms. The summed E-state index contributed by atoms with van der Waals surface area (Å²) in [6, 6.07) is 10.2. The number of halogens is 2. The number of methoxy groups -OCH3 is 1. The zero-order valence-corrected chi connectivity index (χ0v) is 21.2. The fourth-order valence-corrected chi connectivity index (χ4v) is 4.45. The van der Waals surface area contributed by atoms with Crippen molar-refractivity contribution in [3.8, 4) is 11.5 Å². The van der Waals surface area contributed by atoms with E-state index in [4.69, 9.17) is 37.4 Å². The molecule has 0 unspecified atom stereocenters. The van der Waals surface area contributed by atoms with Crippen molar-refractivity contribution in [2.45, 2.75) is 39.3 Å². The van der Waals surface area contributed by atoms with Gasteiger partial charge in [-0.15, -0.1) is 0 Å². The summed E-state index contributed by atoms with van der Waals surface area (Å²) >= 11 is 12.3. The predicted molar refractivity (Wildman–Crippen MR) is 134 cm³/mol. The highest BCUT2D eigenvalue weighted by Gasteiger charge is 2.35. The molecular formula is C25H26Cl2N4O4. The van der Waals surface area contributed by atoms with Crippen molar-refractivity contribution in [1.29, 1.82) is 0 Å². The Balaban J connectivity index is 1.71. The lowest BCUT2D eigenvalue weighted by atomic mass is 9.93. The van der Waals surface area contributed by atoms with E-state index in [9.17, 15) is 4.79 Å². The van der Waals surface area contributed by atoms with Crippen molar-refractivity contribution in [2.75, 3.05) is 19.0 Å². The summed E-state index contributed by atoms with van der Waals surface area (Å²) in [7, 11) is 1.56. The van der Waals surface area contributed by atoms with Gasteiger partial charge in [0.05, 0.1) is 19.3 Å².